The van der Waals surface area contributed by atoms with E-state index in [0.717, 1.165) is 36.6 Å². The van der Waals surface area contributed by atoms with Crippen LogP contribution < -0.4 is 5.32 Å². The average molecular weight is 451 g/mol. The molecule has 2 aromatic carbocycles. The van der Waals surface area contributed by atoms with Crippen LogP contribution in [0.15, 0.2) is 54.7 Å². The van der Waals surface area contributed by atoms with Gasteiger partial charge in [0.25, 0.3) is 5.91 Å². The van der Waals surface area contributed by atoms with E-state index in [2.05, 4.69) is 53.4 Å². The van der Waals surface area contributed by atoms with Crippen LogP contribution in [0.4, 0.5) is 4.39 Å². The van der Waals surface area contributed by atoms with Crippen molar-refractivity contribution in [1.82, 2.24) is 20.0 Å². The highest BCUT2D eigenvalue weighted by Crippen LogP contribution is 2.17. The first-order chi connectivity index (χ1) is 15.9. The lowest BCUT2D eigenvalue weighted by molar-refractivity contribution is -0.0704. The molecule has 0 saturated carbocycles. The number of ether oxygens (including phenoxy) is 1. The summed E-state index contributed by atoms with van der Waals surface area (Å²) < 4.78 is 20.8. The molecule has 4 rings (SSSR count). The summed E-state index contributed by atoms with van der Waals surface area (Å²) in [4.78, 5) is 15.3. The number of nitrogens with one attached hydrogen (secondary N) is 1. The molecule has 2 unspecified atom stereocenters. The molecule has 2 atom stereocenters. The van der Waals surface area contributed by atoms with Crippen molar-refractivity contribution in [2.45, 2.75) is 52.5 Å². The highest BCUT2D eigenvalue weighted by molar-refractivity contribution is 5.95. The first-order valence-corrected chi connectivity index (χ1v) is 11.5. The van der Waals surface area contributed by atoms with Gasteiger partial charge in [-0.1, -0.05) is 31.2 Å². The molecule has 33 heavy (non-hydrogen) atoms. The molecule has 0 aliphatic carbocycles. The molecule has 1 saturated heterocycles. The Bertz CT molecular complexity index is 1070. The number of nitrogens with zero attached hydrogens (tertiary/aromatic N) is 3. The topological polar surface area (TPSA) is 59.4 Å². The zero-order valence-corrected chi connectivity index (χ0v) is 19.4. The van der Waals surface area contributed by atoms with Crippen LogP contribution in [-0.2, 0) is 24.2 Å². The van der Waals surface area contributed by atoms with Gasteiger partial charge in [-0.15, -0.1) is 0 Å². The van der Waals surface area contributed by atoms with Gasteiger partial charge in [-0.2, -0.15) is 5.10 Å². The molecule has 7 heteroatoms. The molecule has 0 bridgehead atoms. The minimum absolute atomic E-state index is 0.166. The molecular formula is C26H31FN4O2. The van der Waals surface area contributed by atoms with E-state index in [1.54, 1.807) is 23.0 Å². The summed E-state index contributed by atoms with van der Waals surface area (Å²) in [6.07, 6.45) is 2.71. The lowest BCUT2D eigenvalue weighted by Gasteiger charge is -2.35. The molecule has 6 nitrogen and oxygen atoms in total. The van der Waals surface area contributed by atoms with Crippen molar-refractivity contribution in [3.05, 3.63) is 82.9 Å². The minimum Gasteiger partial charge on any atom is -0.373 e. The summed E-state index contributed by atoms with van der Waals surface area (Å²) in [6.45, 7) is 9.41. The quantitative estimate of drug-likeness (QED) is 0.589. The number of carbonyl (C=O) groups is 1. The molecule has 3 aromatic rings. The normalized spacial score (nSPS) is 18.9. The Morgan fingerprint density at radius 1 is 1.06 bits per heavy atom. The van der Waals surface area contributed by atoms with Crippen LogP contribution in [0.25, 0.3) is 5.69 Å². The monoisotopic (exact) mass is 450 g/mol. The second-order valence-electron chi connectivity index (χ2n) is 8.70. The van der Waals surface area contributed by atoms with E-state index in [1.165, 1.54) is 17.7 Å². The zero-order chi connectivity index (χ0) is 23.4. The molecule has 2 heterocycles. The van der Waals surface area contributed by atoms with Crippen LogP contribution >= 0.6 is 0 Å². The predicted octanol–water partition coefficient (Wildman–Crippen LogP) is 4.11. The second-order valence-corrected chi connectivity index (χ2v) is 8.70. The van der Waals surface area contributed by atoms with E-state index in [1.807, 2.05) is 6.92 Å². The average Bonchev–Trinajstić information content (AvgIpc) is 3.22. The van der Waals surface area contributed by atoms with Gasteiger partial charge in [-0.05, 0) is 55.7 Å². The first kappa shape index (κ1) is 23.1. The lowest BCUT2D eigenvalue weighted by Crippen LogP contribution is -2.44. The fourth-order valence-electron chi connectivity index (χ4n) is 4.42. The molecule has 1 aliphatic rings. The number of hydrogen-bond acceptors (Lipinski definition) is 4. The van der Waals surface area contributed by atoms with Crippen LogP contribution in [0.1, 0.15) is 48.0 Å². The molecule has 1 aromatic heterocycles. The Morgan fingerprint density at radius 2 is 1.70 bits per heavy atom. The van der Waals surface area contributed by atoms with Gasteiger partial charge < -0.3 is 10.1 Å². The van der Waals surface area contributed by atoms with Crippen molar-refractivity contribution in [3.8, 4) is 5.69 Å². The Balaban J connectivity index is 1.36. The Kier molecular flexibility index (Phi) is 7.20. The summed E-state index contributed by atoms with van der Waals surface area (Å²) in [5, 5.41) is 7.36. The number of hydrogen-bond donors (Lipinski definition) is 1. The SMILES string of the molecule is CCc1c(C(=O)NCc2ccc(CN3CC(C)OC(C)C3)cc2)cnn1-c1ccc(F)cc1. The van der Waals surface area contributed by atoms with E-state index in [-0.39, 0.29) is 23.9 Å². The Hall–Kier alpha value is -3.03. The Labute approximate surface area is 194 Å². The van der Waals surface area contributed by atoms with Gasteiger partial charge in [0.05, 0.1) is 35.3 Å². The van der Waals surface area contributed by atoms with Crippen molar-refractivity contribution in [1.29, 1.82) is 0 Å². The van der Waals surface area contributed by atoms with E-state index in [9.17, 15) is 9.18 Å². The maximum Gasteiger partial charge on any atom is 0.255 e. The number of morpholine rings is 1. The van der Waals surface area contributed by atoms with Gasteiger partial charge in [0, 0.05) is 26.2 Å². The summed E-state index contributed by atoms with van der Waals surface area (Å²) in [6, 6.07) is 14.5. The summed E-state index contributed by atoms with van der Waals surface area (Å²) in [7, 11) is 0. The third kappa shape index (κ3) is 5.67. The summed E-state index contributed by atoms with van der Waals surface area (Å²) in [5.74, 6) is -0.470. The van der Waals surface area contributed by atoms with Crippen molar-refractivity contribution in [2.75, 3.05) is 13.1 Å². The van der Waals surface area contributed by atoms with Crippen LogP contribution in [0.3, 0.4) is 0 Å². The molecular weight excluding hydrogens is 419 g/mol. The third-order valence-corrected chi connectivity index (χ3v) is 5.90. The van der Waals surface area contributed by atoms with Crippen molar-refractivity contribution in [3.63, 3.8) is 0 Å². The van der Waals surface area contributed by atoms with Crippen molar-refractivity contribution in [2.24, 2.45) is 0 Å². The number of aromatic nitrogens is 2. The molecule has 0 spiro atoms. The van der Waals surface area contributed by atoms with Gasteiger partial charge in [0.2, 0.25) is 0 Å². The van der Waals surface area contributed by atoms with Gasteiger partial charge in [0.1, 0.15) is 5.82 Å². The lowest BCUT2D eigenvalue weighted by atomic mass is 10.1. The predicted molar refractivity (Wildman–Crippen MR) is 126 cm³/mol. The van der Waals surface area contributed by atoms with E-state index < -0.39 is 0 Å². The summed E-state index contributed by atoms with van der Waals surface area (Å²) >= 11 is 0. The molecule has 1 amide bonds. The van der Waals surface area contributed by atoms with Crippen LogP contribution in [0, 0.1) is 5.82 Å². The fourth-order valence-corrected chi connectivity index (χ4v) is 4.42. The highest BCUT2D eigenvalue weighted by Gasteiger charge is 2.22. The van der Waals surface area contributed by atoms with Crippen LogP contribution in [0.2, 0.25) is 0 Å². The van der Waals surface area contributed by atoms with Crippen LogP contribution in [0.5, 0.6) is 0 Å². The largest absolute Gasteiger partial charge is 0.373 e. The van der Waals surface area contributed by atoms with E-state index in [0.29, 0.717) is 18.5 Å². The molecule has 1 N–H and O–H groups in total. The minimum atomic E-state index is -0.304. The van der Waals surface area contributed by atoms with Gasteiger partial charge in [-0.25, -0.2) is 9.07 Å². The molecule has 1 fully saturated rings. The molecule has 174 valence electrons. The maximum absolute atomic E-state index is 13.3. The Morgan fingerprint density at radius 3 is 2.33 bits per heavy atom. The smallest absolute Gasteiger partial charge is 0.255 e. The number of benzene rings is 2. The third-order valence-electron chi connectivity index (χ3n) is 5.90. The second kappa shape index (κ2) is 10.3. The summed E-state index contributed by atoms with van der Waals surface area (Å²) in [5.41, 5.74) is 4.35. The van der Waals surface area contributed by atoms with Gasteiger partial charge >= 0.3 is 0 Å². The van der Waals surface area contributed by atoms with Crippen LogP contribution in [-0.4, -0.2) is 45.9 Å². The van der Waals surface area contributed by atoms with Gasteiger partial charge in [-0.3, -0.25) is 9.69 Å². The molecule has 1 aliphatic heterocycles. The van der Waals surface area contributed by atoms with Gasteiger partial charge in [0.15, 0.2) is 0 Å². The van der Waals surface area contributed by atoms with E-state index >= 15 is 0 Å². The fraction of sp³-hybridized carbons (Fsp3) is 0.385. The van der Waals surface area contributed by atoms with E-state index in [4.69, 9.17) is 4.74 Å². The standard InChI is InChI=1S/C26H31FN4O2/c1-4-25-24(14-29-31(25)23-11-9-22(27)10-12-23)26(32)28-13-20-5-7-21(8-6-20)17-30-15-18(2)33-19(3)16-30/h5-12,14,18-19H,4,13,15-17H2,1-3H3,(H,28,32). The number of rotatable bonds is 7. The van der Waals surface area contributed by atoms with Crippen molar-refractivity contribution >= 4 is 5.91 Å². The first-order valence-electron chi connectivity index (χ1n) is 11.5. The molecule has 0 radical (unpaired) electrons. The zero-order valence-electron chi connectivity index (χ0n) is 19.4. The highest BCUT2D eigenvalue weighted by atomic mass is 19.1. The maximum atomic E-state index is 13.3. The number of halogens is 1. The van der Waals surface area contributed by atoms with Crippen molar-refractivity contribution < 1.29 is 13.9 Å². The number of carbonyl (C=O) groups excluding carboxylic acids is 1. The number of amides is 1.